The summed E-state index contributed by atoms with van der Waals surface area (Å²) in [7, 11) is 0. The van der Waals surface area contributed by atoms with Crippen LogP contribution in [-0.4, -0.2) is 22.2 Å². The highest BCUT2D eigenvalue weighted by Crippen LogP contribution is 2.37. The Morgan fingerprint density at radius 3 is 1.64 bits per heavy atom. The van der Waals surface area contributed by atoms with Crippen LogP contribution >= 0.6 is 0 Å². The summed E-state index contributed by atoms with van der Waals surface area (Å²) < 4.78 is 0. The van der Waals surface area contributed by atoms with Gasteiger partial charge in [0, 0.05) is 5.56 Å². The average Bonchev–Trinajstić information content (AvgIpc) is 2.62. The van der Waals surface area contributed by atoms with Crippen LogP contribution in [0.4, 0.5) is 0 Å². The molecule has 2 N–H and O–H groups in total. The largest absolute Gasteiger partial charge is 0.478 e. The predicted octanol–water partition coefficient (Wildman–Crippen LogP) is 4.73. The molecule has 0 saturated carbocycles. The Morgan fingerprint density at radius 2 is 1.20 bits per heavy atom. The summed E-state index contributed by atoms with van der Waals surface area (Å²) in [5.74, 6) is -2.30. The number of aryl methyl sites for hydroxylation is 1. The summed E-state index contributed by atoms with van der Waals surface area (Å²) in [6, 6.07) is 19.5. The zero-order valence-electron chi connectivity index (χ0n) is 13.6. The van der Waals surface area contributed by atoms with Crippen molar-refractivity contribution in [3.8, 4) is 22.3 Å². The molecule has 3 aromatic rings. The maximum absolute atomic E-state index is 12.1. The lowest BCUT2D eigenvalue weighted by Gasteiger charge is -2.18. The predicted molar refractivity (Wildman–Crippen MR) is 96.0 cm³/mol. The first kappa shape index (κ1) is 16.5. The molecule has 0 saturated heterocycles. The van der Waals surface area contributed by atoms with Crippen LogP contribution in [0.5, 0.6) is 0 Å². The maximum Gasteiger partial charge on any atom is 0.336 e. The number of hydrogen-bond donors (Lipinski definition) is 2. The fourth-order valence-electron chi connectivity index (χ4n) is 3.08. The van der Waals surface area contributed by atoms with E-state index >= 15 is 0 Å². The third-order valence-electron chi connectivity index (χ3n) is 4.09. The molecule has 4 nitrogen and oxygen atoms in total. The van der Waals surface area contributed by atoms with Gasteiger partial charge in [0.15, 0.2) is 0 Å². The first-order valence-electron chi connectivity index (χ1n) is 7.75. The SMILES string of the molecule is Cc1cc(C(=O)O)c(-c2ccccc2)c(C(=O)O)c1-c1ccccc1. The van der Waals surface area contributed by atoms with Crippen molar-refractivity contribution in [2.75, 3.05) is 0 Å². The lowest BCUT2D eigenvalue weighted by molar-refractivity contribution is 0.0696. The standard InChI is InChI=1S/C21H16O4/c1-13-12-16(20(22)23)18(15-10-6-3-7-11-15)19(21(24)25)17(13)14-8-4-2-5-9-14/h2-12H,1H3,(H,22,23)(H,24,25). The van der Waals surface area contributed by atoms with Crippen LogP contribution in [0.1, 0.15) is 26.3 Å². The number of carboxylic acid groups (broad SMARTS) is 2. The van der Waals surface area contributed by atoms with Gasteiger partial charge >= 0.3 is 11.9 Å². The molecule has 3 aromatic carbocycles. The van der Waals surface area contributed by atoms with Crippen molar-refractivity contribution >= 4 is 11.9 Å². The number of benzene rings is 3. The molecular weight excluding hydrogens is 316 g/mol. The summed E-state index contributed by atoms with van der Waals surface area (Å²) in [6.45, 7) is 1.73. The molecule has 25 heavy (non-hydrogen) atoms. The molecule has 0 aliphatic rings. The summed E-state index contributed by atoms with van der Waals surface area (Å²) in [5, 5.41) is 19.5. The molecular formula is C21H16O4. The Kier molecular flexibility index (Phi) is 4.35. The molecule has 0 spiro atoms. The second-order valence-corrected chi connectivity index (χ2v) is 5.71. The van der Waals surface area contributed by atoms with Gasteiger partial charge in [-0.25, -0.2) is 9.59 Å². The van der Waals surface area contributed by atoms with Crippen molar-refractivity contribution < 1.29 is 19.8 Å². The van der Waals surface area contributed by atoms with E-state index in [1.807, 2.05) is 30.3 Å². The molecule has 0 heterocycles. The highest BCUT2D eigenvalue weighted by Gasteiger charge is 2.26. The Hall–Kier alpha value is -3.40. The summed E-state index contributed by atoms with van der Waals surface area (Å²) in [4.78, 5) is 23.9. The van der Waals surface area contributed by atoms with E-state index in [2.05, 4.69) is 0 Å². The Labute approximate surface area is 145 Å². The van der Waals surface area contributed by atoms with E-state index in [-0.39, 0.29) is 16.7 Å². The second-order valence-electron chi connectivity index (χ2n) is 5.71. The van der Waals surface area contributed by atoms with Crippen LogP contribution in [0.15, 0.2) is 66.7 Å². The van der Waals surface area contributed by atoms with Crippen molar-refractivity contribution in [3.63, 3.8) is 0 Å². The van der Waals surface area contributed by atoms with E-state index in [0.717, 1.165) is 5.56 Å². The number of carboxylic acids is 2. The fraction of sp³-hybridized carbons (Fsp3) is 0.0476. The van der Waals surface area contributed by atoms with Gasteiger partial charge in [-0.05, 0) is 35.2 Å². The van der Waals surface area contributed by atoms with Crippen molar-refractivity contribution in [2.24, 2.45) is 0 Å². The van der Waals surface area contributed by atoms with E-state index in [9.17, 15) is 19.8 Å². The van der Waals surface area contributed by atoms with Gasteiger partial charge in [0.05, 0.1) is 11.1 Å². The van der Waals surface area contributed by atoms with Crippen LogP contribution in [0.2, 0.25) is 0 Å². The Morgan fingerprint density at radius 1 is 0.720 bits per heavy atom. The van der Waals surface area contributed by atoms with Gasteiger partial charge in [-0.15, -0.1) is 0 Å². The van der Waals surface area contributed by atoms with E-state index in [4.69, 9.17) is 0 Å². The van der Waals surface area contributed by atoms with E-state index < -0.39 is 11.9 Å². The van der Waals surface area contributed by atoms with E-state index in [0.29, 0.717) is 16.7 Å². The highest BCUT2D eigenvalue weighted by molar-refractivity contribution is 6.10. The van der Waals surface area contributed by atoms with Crippen molar-refractivity contribution in [1.29, 1.82) is 0 Å². The average molecular weight is 332 g/mol. The topological polar surface area (TPSA) is 74.6 Å². The van der Waals surface area contributed by atoms with E-state index in [1.165, 1.54) is 0 Å². The monoisotopic (exact) mass is 332 g/mol. The Bertz CT molecular complexity index is 945. The van der Waals surface area contributed by atoms with Crippen LogP contribution in [0.25, 0.3) is 22.3 Å². The maximum atomic E-state index is 12.1. The first-order chi connectivity index (χ1) is 12.0. The molecule has 3 rings (SSSR count). The number of aromatic carboxylic acids is 2. The third kappa shape index (κ3) is 3.02. The molecule has 0 radical (unpaired) electrons. The second kappa shape index (κ2) is 6.61. The van der Waals surface area contributed by atoms with Crippen molar-refractivity contribution in [3.05, 3.63) is 83.4 Å². The molecule has 0 atom stereocenters. The Balaban J connectivity index is 2.47. The third-order valence-corrected chi connectivity index (χ3v) is 4.09. The zero-order chi connectivity index (χ0) is 18.0. The highest BCUT2D eigenvalue weighted by atomic mass is 16.4. The van der Waals surface area contributed by atoms with Crippen LogP contribution in [-0.2, 0) is 0 Å². The quantitative estimate of drug-likeness (QED) is 0.724. The lowest BCUT2D eigenvalue weighted by Crippen LogP contribution is -2.10. The van der Waals surface area contributed by atoms with Gasteiger partial charge in [-0.2, -0.15) is 0 Å². The van der Waals surface area contributed by atoms with E-state index in [1.54, 1.807) is 43.3 Å². The molecule has 0 bridgehead atoms. The smallest absolute Gasteiger partial charge is 0.336 e. The van der Waals surface area contributed by atoms with Crippen LogP contribution in [0.3, 0.4) is 0 Å². The zero-order valence-corrected chi connectivity index (χ0v) is 13.6. The fourth-order valence-corrected chi connectivity index (χ4v) is 3.08. The minimum Gasteiger partial charge on any atom is -0.478 e. The van der Waals surface area contributed by atoms with Crippen molar-refractivity contribution in [1.82, 2.24) is 0 Å². The van der Waals surface area contributed by atoms with Crippen LogP contribution < -0.4 is 0 Å². The molecule has 0 aromatic heterocycles. The number of carbonyl (C=O) groups is 2. The summed E-state index contributed by atoms with van der Waals surface area (Å²) in [5.41, 5.74) is 2.68. The minimum atomic E-state index is -1.15. The van der Waals surface area contributed by atoms with Gasteiger partial charge in [0.1, 0.15) is 0 Å². The molecule has 0 unspecified atom stereocenters. The van der Waals surface area contributed by atoms with Gasteiger partial charge in [-0.1, -0.05) is 60.7 Å². The molecule has 0 aliphatic carbocycles. The molecule has 0 aliphatic heterocycles. The first-order valence-corrected chi connectivity index (χ1v) is 7.75. The molecule has 0 fully saturated rings. The van der Waals surface area contributed by atoms with Gasteiger partial charge in [0.25, 0.3) is 0 Å². The summed E-state index contributed by atoms with van der Waals surface area (Å²) in [6.07, 6.45) is 0. The molecule has 4 heteroatoms. The number of rotatable bonds is 4. The normalized spacial score (nSPS) is 10.4. The molecule has 0 amide bonds. The van der Waals surface area contributed by atoms with Crippen molar-refractivity contribution in [2.45, 2.75) is 6.92 Å². The molecule has 124 valence electrons. The van der Waals surface area contributed by atoms with Gasteiger partial charge < -0.3 is 10.2 Å². The van der Waals surface area contributed by atoms with Gasteiger partial charge in [0.2, 0.25) is 0 Å². The lowest BCUT2D eigenvalue weighted by atomic mass is 9.85. The summed E-state index contributed by atoms with van der Waals surface area (Å²) >= 11 is 0. The van der Waals surface area contributed by atoms with Gasteiger partial charge in [-0.3, -0.25) is 0 Å². The van der Waals surface area contributed by atoms with Crippen LogP contribution in [0, 0.1) is 6.92 Å². The number of hydrogen-bond acceptors (Lipinski definition) is 2. The minimum absolute atomic E-state index is 0.00907.